The molecule has 0 atom stereocenters. The molecule has 1 aliphatic heterocycles. The third-order valence-electron chi connectivity index (χ3n) is 4.29. The second-order valence-corrected chi connectivity index (χ2v) is 5.56. The minimum Gasteiger partial charge on any atom is -0.348 e. The van der Waals surface area contributed by atoms with Gasteiger partial charge >= 0.3 is 0 Å². The lowest BCUT2D eigenvalue weighted by Gasteiger charge is -2.35. The largest absolute Gasteiger partial charge is 0.348 e. The van der Waals surface area contributed by atoms with E-state index in [0.29, 0.717) is 6.04 Å². The Balaban J connectivity index is 1.49. The minimum atomic E-state index is -0.248. The van der Waals surface area contributed by atoms with Gasteiger partial charge in [0.1, 0.15) is 0 Å². The molecule has 0 aromatic carbocycles. The highest BCUT2D eigenvalue weighted by molar-refractivity contribution is 5.21. The van der Waals surface area contributed by atoms with Crippen LogP contribution in [0.5, 0.6) is 0 Å². The SMILES string of the molecule is Cc1ccncc1CNC1CCC2(CC1)OCCO2. The van der Waals surface area contributed by atoms with Crippen molar-refractivity contribution in [2.45, 2.75) is 51.0 Å². The first-order chi connectivity index (χ1) is 9.27. The molecule has 2 fully saturated rings. The predicted molar refractivity (Wildman–Crippen MR) is 72.7 cm³/mol. The van der Waals surface area contributed by atoms with Crippen LogP contribution in [0.4, 0.5) is 0 Å². The number of aryl methyl sites for hydroxylation is 1. The van der Waals surface area contributed by atoms with Crippen LogP contribution in [-0.4, -0.2) is 30.0 Å². The normalized spacial score (nSPS) is 23.0. The standard InChI is InChI=1S/C15H22N2O2/c1-12-4-7-16-10-13(12)11-17-14-2-5-15(6-3-14)18-8-9-19-15/h4,7,10,14,17H,2-3,5-6,8-9,11H2,1H3. The van der Waals surface area contributed by atoms with E-state index >= 15 is 0 Å². The molecule has 0 unspecified atom stereocenters. The molecular weight excluding hydrogens is 240 g/mol. The third kappa shape index (κ3) is 2.96. The Morgan fingerprint density at radius 1 is 1.32 bits per heavy atom. The predicted octanol–water partition coefficient (Wildman–Crippen LogP) is 2.17. The molecule has 1 aromatic rings. The van der Waals surface area contributed by atoms with Crippen LogP contribution in [-0.2, 0) is 16.0 Å². The van der Waals surface area contributed by atoms with Gasteiger partial charge in [0.25, 0.3) is 0 Å². The molecule has 2 aliphatic rings. The average Bonchev–Trinajstić information content (AvgIpc) is 2.88. The van der Waals surface area contributed by atoms with Gasteiger partial charge in [-0.25, -0.2) is 0 Å². The summed E-state index contributed by atoms with van der Waals surface area (Å²) < 4.78 is 11.5. The van der Waals surface area contributed by atoms with Crippen molar-refractivity contribution in [3.63, 3.8) is 0 Å². The van der Waals surface area contributed by atoms with Crippen LogP contribution in [0.3, 0.4) is 0 Å². The average molecular weight is 262 g/mol. The van der Waals surface area contributed by atoms with Crippen LogP contribution in [0.2, 0.25) is 0 Å². The Hall–Kier alpha value is -0.970. The van der Waals surface area contributed by atoms with Crippen molar-refractivity contribution in [1.82, 2.24) is 10.3 Å². The van der Waals surface area contributed by atoms with Gasteiger partial charge in [0.05, 0.1) is 13.2 Å². The lowest BCUT2D eigenvalue weighted by molar-refractivity contribution is -0.179. The summed E-state index contributed by atoms with van der Waals surface area (Å²) in [5, 5.41) is 3.63. The molecule has 19 heavy (non-hydrogen) atoms. The van der Waals surface area contributed by atoms with Crippen molar-refractivity contribution >= 4 is 0 Å². The summed E-state index contributed by atoms with van der Waals surface area (Å²) in [4.78, 5) is 4.19. The lowest BCUT2D eigenvalue weighted by atomic mass is 9.90. The Labute approximate surface area is 114 Å². The summed E-state index contributed by atoms with van der Waals surface area (Å²) in [7, 11) is 0. The number of rotatable bonds is 3. The summed E-state index contributed by atoms with van der Waals surface area (Å²) in [5.74, 6) is -0.248. The van der Waals surface area contributed by atoms with Crippen molar-refractivity contribution in [3.05, 3.63) is 29.6 Å². The van der Waals surface area contributed by atoms with Crippen LogP contribution in [0.25, 0.3) is 0 Å². The van der Waals surface area contributed by atoms with E-state index in [1.165, 1.54) is 11.1 Å². The first-order valence-electron chi connectivity index (χ1n) is 7.18. The number of hydrogen-bond donors (Lipinski definition) is 1. The monoisotopic (exact) mass is 262 g/mol. The van der Waals surface area contributed by atoms with Gasteiger partial charge in [0.15, 0.2) is 5.79 Å². The van der Waals surface area contributed by atoms with E-state index in [0.717, 1.165) is 45.4 Å². The highest BCUT2D eigenvalue weighted by Crippen LogP contribution is 2.35. The van der Waals surface area contributed by atoms with Crippen molar-refractivity contribution < 1.29 is 9.47 Å². The zero-order valence-electron chi connectivity index (χ0n) is 11.5. The fourth-order valence-electron chi connectivity index (χ4n) is 2.98. The summed E-state index contributed by atoms with van der Waals surface area (Å²) in [5.41, 5.74) is 2.59. The molecule has 0 amide bonds. The summed E-state index contributed by atoms with van der Waals surface area (Å²) in [6, 6.07) is 2.63. The molecule has 2 heterocycles. The highest BCUT2D eigenvalue weighted by Gasteiger charge is 2.40. The van der Waals surface area contributed by atoms with Gasteiger partial charge in [-0.1, -0.05) is 0 Å². The number of ether oxygens (including phenoxy) is 2. The molecule has 1 N–H and O–H groups in total. The van der Waals surface area contributed by atoms with Gasteiger partial charge in [0, 0.05) is 37.8 Å². The molecule has 1 saturated carbocycles. The second-order valence-electron chi connectivity index (χ2n) is 5.56. The molecular formula is C15H22N2O2. The van der Waals surface area contributed by atoms with Gasteiger partial charge in [0.2, 0.25) is 0 Å². The second kappa shape index (κ2) is 5.57. The Morgan fingerprint density at radius 3 is 2.74 bits per heavy atom. The van der Waals surface area contributed by atoms with Gasteiger partial charge in [-0.05, 0) is 37.0 Å². The lowest BCUT2D eigenvalue weighted by Crippen LogP contribution is -2.41. The van der Waals surface area contributed by atoms with Gasteiger partial charge in [-0.3, -0.25) is 4.98 Å². The van der Waals surface area contributed by atoms with E-state index in [-0.39, 0.29) is 5.79 Å². The topological polar surface area (TPSA) is 43.4 Å². The Kier molecular flexibility index (Phi) is 3.82. The zero-order valence-corrected chi connectivity index (χ0v) is 11.5. The molecule has 0 bridgehead atoms. The van der Waals surface area contributed by atoms with Crippen molar-refractivity contribution in [1.29, 1.82) is 0 Å². The number of pyridine rings is 1. The van der Waals surface area contributed by atoms with E-state index in [4.69, 9.17) is 9.47 Å². The first-order valence-corrected chi connectivity index (χ1v) is 7.18. The smallest absolute Gasteiger partial charge is 0.168 e. The zero-order chi connectivity index (χ0) is 13.1. The molecule has 4 nitrogen and oxygen atoms in total. The van der Waals surface area contributed by atoms with E-state index in [9.17, 15) is 0 Å². The van der Waals surface area contributed by atoms with Crippen molar-refractivity contribution in [2.75, 3.05) is 13.2 Å². The molecule has 4 heteroatoms. The van der Waals surface area contributed by atoms with Crippen LogP contribution in [0, 0.1) is 6.92 Å². The number of nitrogens with zero attached hydrogens (tertiary/aromatic N) is 1. The maximum Gasteiger partial charge on any atom is 0.168 e. The number of aromatic nitrogens is 1. The third-order valence-corrected chi connectivity index (χ3v) is 4.29. The van der Waals surface area contributed by atoms with E-state index in [1.807, 2.05) is 12.4 Å². The Bertz CT molecular complexity index is 420. The van der Waals surface area contributed by atoms with Gasteiger partial charge in [-0.15, -0.1) is 0 Å². The quantitative estimate of drug-likeness (QED) is 0.906. The minimum absolute atomic E-state index is 0.248. The molecule has 104 valence electrons. The fourth-order valence-corrected chi connectivity index (χ4v) is 2.98. The fraction of sp³-hybridized carbons (Fsp3) is 0.667. The number of hydrogen-bond acceptors (Lipinski definition) is 4. The Morgan fingerprint density at radius 2 is 2.05 bits per heavy atom. The molecule has 1 aliphatic carbocycles. The van der Waals surface area contributed by atoms with Crippen molar-refractivity contribution in [3.8, 4) is 0 Å². The maximum absolute atomic E-state index is 5.75. The summed E-state index contributed by atoms with van der Waals surface area (Å²) in [6.07, 6.45) is 8.07. The van der Waals surface area contributed by atoms with E-state index in [2.05, 4.69) is 23.3 Å². The first kappa shape index (κ1) is 13.0. The van der Waals surface area contributed by atoms with Gasteiger partial charge < -0.3 is 14.8 Å². The molecule has 1 aromatic heterocycles. The van der Waals surface area contributed by atoms with E-state index in [1.54, 1.807) is 0 Å². The highest BCUT2D eigenvalue weighted by atomic mass is 16.7. The molecule has 1 saturated heterocycles. The van der Waals surface area contributed by atoms with E-state index < -0.39 is 0 Å². The van der Waals surface area contributed by atoms with Crippen LogP contribution in [0.15, 0.2) is 18.5 Å². The maximum atomic E-state index is 5.75. The molecule has 1 spiro atoms. The molecule has 3 rings (SSSR count). The van der Waals surface area contributed by atoms with Crippen LogP contribution >= 0.6 is 0 Å². The van der Waals surface area contributed by atoms with Gasteiger partial charge in [-0.2, -0.15) is 0 Å². The van der Waals surface area contributed by atoms with Crippen LogP contribution < -0.4 is 5.32 Å². The van der Waals surface area contributed by atoms with Crippen molar-refractivity contribution in [2.24, 2.45) is 0 Å². The summed E-state index contributed by atoms with van der Waals surface area (Å²) >= 11 is 0. The molecule has 0 radical (unpaired) electrons. The number of nitrogens with one attached hydrogen (secondary N) is 1. The summed E-state index contributed by atoms with van der Waals surface area (Å²) in [6.45, 7) is 4.55. The van der Waals surface area contributed by atoms with Crippen LogP contribution in [0.1, 0.15) is 36.8 Å².